The first kappa shape index (κ1) is 16.2. The normalized spacial score (nSPS) is 15.2. The Morgan fingerprint density at radius 1 is 1.32 bits per heavy atom. The van der Waals surface area contributed by atoms with Crippen LogP contribution < -0.4 is 5.32 Å². The summed E-state index contributed by atoms with van der Waals surface area (Å²) >= 11 is 0. The number of halogens is 3. The molecule has 1 amide bonds. The molecule has 0 saturated carbocycles. The number of carbonyl (C=O) groups excluding carboxylic acids is 1. The van der Waals surface area contributed by atoms with Crippen molar-refractivity contribution in [3.8, 4) is 0 Å². The minimum Gasteiger partial charge on any atom is -0.351 e. The van der Waals surface area contributed by atoms with Gasteiger partial charge in [-0.3, -0.25) is 14.9 Å². The van der Waals surface area contributed by atoms with Gasteiger partial charge in [0.15, 0.2) is 0 Å². The molecule has 1 N–H and O–H groups in total. The second-order valence-electron chi connectivity index (χ2n) is 4.97. The molecule has 1 aromatic rings. The highest BCUT2D eigenvalue weighted by Gasteiger charge is 2.33. The smallest absolute Gasteiger partial charge is 0.351 e. The summed E-state index contributed by atoms with van der Waals surface area (Å²) in [7, 11) is 0. The summed E-state index contributed by atoms with van der Waals surface area (Å²) < 4.78 is 38.2. The molecular weight excluding hydrogens is 303 g/mol. The molecule has 1 aliphatic rings. The highest BCUT2D eigenvalue weighted by atomic mass is 19.4. The first-order chi connectivity index (χ1) is 10.3. The Kier molecular flexibility index (Phi) is 4.65. The van der Waals surface area contributed by atoms with Gasteiger partial charge < -0.3 is 10.2 Å². The van der Waals surface area contributed by atoms with Crippen LogP contribution in [-0.4, -0.2) is 41.9 Å². The third-order valence-electron chi connectivity index (χ3n) is 3.38. The summed E-state index contributed by atoms with van der Waals surface area (Å²) in [5.41, 5.74) is -2.34. The van der Waals surface area contributed by atoms with Crippen molar-refractivity contribution in [3.05, 3.63) is 39.4 Å². The van der Waals surface area contributed by atoms with Gasteiger partial charge in [0.05, 0.1) is 10.5 Å². The predicted molar refractivity (Wildman–Crippen MR) is 71.5 cm³/mol. The Hall–Kier alpha value is -2.16. The third-order valence-corrected chi connectivity index (χ3v) is 3.38. The number of nitro benzene ring substituents is 1. The third kappa shape index (κ3) is 3.94. The maximum absolute atomic E-state index is 12.7. The van der Waals surface area contributed by atoms with Crippen LogP contribution in [0.15, 0.2) is 18.2 Å². The Labute approximate surface area is 124 Å². The van der Waals surface area contributed by atoms with Gasteiger partial charge >= 0.3 is 6.18 Å². The van der Waals surface area contributed by atoms with Gasteiger partial charge in [-0.2, -0.15) is 13.2 Å². The monoisotopic (exact) mass is 317 g/mol. The molecular formula is C13H14F3N3O3. The minimum atomic E-state index is -4.75. The molecule has 120 valence electrons. The summed E-state index contributed by atoms with van der Waals surface area (Å²) in [4.78, 5) is 23.7. The van der Waals surface area contributed by atoms with Crippen LogP contribution in [0.5, 0.6) is 0 Å². The Bertz CT molecular complexity index is 586. The average molecular weight is 317 g/mol. The van der Waals surface area contributed by atoms with Gasteiger partial charge in [0, 0.05) is 30.8 Å². The molecule has 0 aromatic heterocycles. The van der Waals surface area contributed by atoms with Crippen molar-refractivity contribution in [1.29, 1.82) is 0 Å². The van der Waals surface area contributed by atoms with Crippen LogP contribution in [0.1, 0.15) is 22.3 Å². The van der Waals surface area contributed by atoms with Crippen LogP contribution >= 0.6 is 0 Å². The van der Waals surface area contributed by atoms with E-state index in [1.165, 1.54) is 0 Å². The largest absolute Gasteiger partial charge is 0.416 e. The number of carbonyl (C=O) groups is 1. The summed E-state index contributed by atoms with van der Waals surface area (Å²) in [6.07, 6.45) is -3.66. The van der Waals surface area contributed by atoms with Crippen LogP contribution in [-0.2, 0) is 6.18 Å². The molecule has 1 aliphatic heterocycles. The first-order valence-corrected chi connectivity index (χ1v) is 6.64. The molecule has 1 fully saturated rings. The SMILES string of the molecule is O=C(NCCN1CCC1)c1cc([N+](=O)[O-])cc(C(F)(F)F)c1. The molecule has 0 radical (unpaired) electrons. The summed E-state index contributed by atoms with van der Waals surface area (Å²) in [5.74, 6) is -0.755. The van der Waals surface area contributed by atoms with Gasteiger partial charge in [-0.15, -0.1) is 0 Å². The fourth-order valence-corrected chi connectivity index (χ4v) is 2.05. The molecule has 1 saturated heterocycles. The minimum absolute atomic E-state index is 0.281. The zero-order valence-corrected chi connectivity index (χ0v) is 11.5. The van der Waals surface area contributed by atoms with Crippen molar-refractivity contribution >= 4 is 11.6 Å². The van der Waals surface area contributed by atoms with Crippen molar-refractivity contribution in [3.63, 3.8) is 0 Å². The number of rotatable bonds is 5. The fourth-order valence-electron chi connectivity index (χ4n) is 2.05. The maximum Gasteiger partial charge on any atom is 0.416 e. The molecule has 0 aliphatic carbocycles. The van der Waals surface area contributed by atoms with Crippen LogP contribution in [0.4, 0.5) is 18.9 Å². The molecule has 0 unspecified atom stereocenters. The van der Waals surface area contributed by atoms with Crippen LogP contribution in [0.3, 0.4) is 0 Å². The van der Waals surface area contributed by atoms with Crippen molar-refractivity contribution in [2.75, 3.05) is 26.2 Å². The van der Waals surface area contributed by atoms with Gasteiger partial charge in [-0.05, 0) is 25.6 Å². The Balaban J connectivity index is 2.11. The van der Waals surface area contributed by atoms with E-state index >= 15 is 0 Å². The molecule has 1 aromatic carbocycles. The average Bonchev–Trinajstić information content (AvgIpc) is 2.39. The van der Waals surface area contributed by atoms with Crippen LogP contribution in [0, 0.1) is 10.1 Å². The van der Waals surface area contributed by atoms with Crippen LogP contribution in [0.2, 0.25) is 0 Å². The molecule has 22 heavy (non-hydrogen) atoms. The number of alkyl halides is 3. The molecule has 0 spiro atoms. The van der Waals surface area contributed by atoms with Gasteiger partial charge in [0.2, 0.25) is 0 Å². The maximum atomic E-state index is 12.7. The van der Waals surface area contributed by atoms with Gasteiger partial charge in [-0.1, -0.05) is 0 Å². The zero-order valence-electron chi connectivity index (χ0n) is 11.5. The lowest BCUT2D eigenvalue weighted by atomic mass is 10.1. The predicted octanol–water partition coefficient (Wildman–Crippen LogP) is 2.05. The molecule has 9 heteroatoms. The van der Waals surface area contributed by atoms with Gasteiger partial charge in [0.25, 0.3) is 11.6 Å². The van der Waals surface area contributed by atoms with Gasteiger partial charge in [0.1, 0.15) is 0 Å². The number of hydrogen-bond donors (Lipinski definition) is 1. The number of nitrogens with zero attached hydrogens (tertiary/aromatic N) is 2. The van der Waals surface area contributed by atoms with E-state index in [9.17, 15) is 28.1 Å². The molecule has 6 nitrogen and oxygen atoms in total. The number of nitro groups is 1. The quantitative estimate of drug-likeness (QED) is 0.666. The zero-order chi connectivity index (χ0) is 16.3. The van der Waals surface area contributed by atoms with Crippen molar-refractivity contribution < 1.29 is 22.9 Å². The van der Waals surface area contributed by atoms with Crippen molar-refractivity contribution in [2.24, 2.45) is 0 Å². The number of amides is 1. The van der Waals surface area contributed by atoms with E-state index in [1.807, 2.05) is 0 Å². The number of non-ortho nitro benzene ring substituents is 1. The van der Waals surface area contributed by atoms with E-state index < -0.39 is 28.3 Å². The standard InChI is InChI=1S/C13H14F3N3O3/c14-13(15,16)10-6-9(7-11(8-10)19(21)22)12(20)17-2-5-18-3-1-4-18/h6-8H,1-5H2,(H,17,20). The van der Waals surface area contributed by atoms with Crippen LogP contribution in [0.25, 0.3) is 0 Å². The van der Waals surface area contributed by atoms with E-state index in [0.29, 0.717) is 18.7 Å². The summed E-state index contributed by atoms with van der Waals surface area (Å²) in [6, 6.07) is 1.87. The lowest BCUT2D eigenvalue weighted by Crippen LogP contribution is -2.42. The van der Waals surface area contributed by atoms with E-state index in [0.717, 1.165) is 25.6 Å². The topological polar surface area (TPSA) is 75.5 Å². The van der Waals surface area contributed by atoms with Crippen molar-refractivity contribution in [1.82, 2.24) is 10.2 Å². The van der Waals surface area contributed by atoms with Gasteiger partial charge in [-0.25, -0.2) is 0 Å². The second-order valence-corrected chi connectivity index (χ2v) is 4.97. The van der Waals surface area contributed by atoms with Crippen molar-refractivity contribution in [2.45, 2.75) is 12.6 Å². The highest BCUT2D eigenvalue weighted by molar-refractivity contribution is 5.95. The number of benzene rings is 1. The molecule has 2 rings (SSSR count). The Morgan fingerprint density at radius 3 is 2.50 bits per heavy atom. The fraction of sp³-hybridized carbons (Fsp3) is 0.462. The Morgan fingerprint density at radius 2 is 2.00 bits per heavy atom. The summed E-state index contributed by atoms with van der Waals surface area (Å²) in [6.45, 7) is 2.76. The number of nitrogens with one attached hydrogen (secondary N) is 1. The highest BCUT2D eigenvalue weighted by Crippen LogP contribution is 2.32. The lowest BCUT2D eigenvalue weighted by Gasteiger charge is -2.30. The van der Waals surface area contributed by atoms with E-state index in [4.69, 9.17) is 0 Å². The molecule has 0 bridgehead atoms. The van der Waals surface area contributed by atoms with E-state index in [1.54, 1.807) is 0 Å². The molecule has 1 heterocycles. The summed E-state index contributed by atoms with van der Waals surface area (Å²) in [5, 5.41) is 13.2. The number of likely N-dealkylation sites (tertiary alicyclic amines) is 1. The first-order valence-electron chi connectivity index (χ1n) is 6.64. The van der Waals surface area contributed by atoms with E-state index in [2.05, 4.69) is 10.2 Å². The molecule has 0 atom stereocenters. The second kappa shape index (κ2) is 6.30. The lowest BCUT2D eigenvalue weighted by molar-refractivity contribution is -0.385. The number of hydrogen-bond acceptors (Lipinski definition) is 4. The van der Waals surface area contributed by atoms with E-state index in [-0.39, 0.29) is 12.1 Å².